The van der Waals surface area contributed by atoms with Crippen molar-refractivity contribution in [3.8, 4) is 0 Å². The lowest BCUT2D eigenvalue weighted by atomic mass is 10.1. The molecule has 3 heterocycles. The van der Waals surface area contributed by atoms with Crippen LogP contribution < -0.4 is 0 Å². The van der Waals surface area contributed by atoms with E-state index in [0.717, 1.165) is 42.7 Å². The highest BCUT2D eigenvalue weighted by molar-refractivity contribution is 7.09. The zero-order valence-electron chi connectivity index (χ0n) is 13.4. The predicted molar refractivity (Wildman–Crippen MR) is 92.4 cm³/mol. The SMILES string of the molecule is CN(C)C(=O)C1CN(Cc2nccs2)CCN1Cc1nccs1. The van der Waals surface area contributed by atoms with Crippen LogP contribution in [0.5, 0.6) is 0 Å². The highest BCUT2D eigenvalue weighted by Crippen LogP contribution is 2.19. The van der Waals surface area contributed by atoms with Crippen molar-refractivity contribution in [3.05, 3.63) is 33.2 Å². The number of likely N-dealkylation sites (N-methyl/N-ethyl adjacent to an activating group) is 1. The van der Waals surface area contributed by atoms with Gasteiger partial charge in [-0.2, -0.15) is 0 Å². The monoisotopic (exact) mass is 351 g/mol. The topological polar surface area (TPSA) is 52.6 Å². The van der Waals surface area contributed by atoms with Gasteiger partial charge in [0.1, 0.15) is 16.1 Å². The Morgan fingerprint density at radius 2 is 1.83 bits per heavy atom. The van der Waals surface area contributed by atoms with Crippen LogP contribution >= 0.6 is 22.7 Å². The first-order valence-corrected chi connectivity index (χ1v) is 9.33. The Bertz CT molecular complexity index is 614. The number of thiazole rings is 2. The largest absolute Gasteiger partial charge is 0.347 e. The van der Waals surface area contributed by atoms with Crippen molar-refractivity contribution < 1.29 is 4.79 Å². The number of aromatic nitrogens is 2. The Morgan fingerprint density at radius 3 is 2.39 bits per heavy atom. The second kappa shape index (κ2) is 7.48. The molecule has 0 radical (unpaired) electrons. The molecule has 3 rings (SSSR count). The summed E-state index contributed by atoms with van der Waals surface area (Å²) in [6.07, 6.45) is 3.66. The van der Waals surface area contributed by atoms with Gasteiger partial charge in [-0.1, -0.05) is 0 Å². The molecule has 8 heteroatoms. The van der Waals surface area contributed by atoms with Crippen LogP contribution in [0.1, 0.15) is 10.0 Å². The highest BCUT2D eigenvalue weighted by Gasteiger charge is 2.33. The van der Waals surface area contributed by atoms with E-state index in [1.807, 2.05) is 37.2 Å². The normalized spacial score (nSPS) is 19.8. The maximum absolute atomic E-state index is 12.6. The molecule has 0 aliphatic carbocycles. The lowest BCUT2D eigenvalue weighted by molar-refractivity contribution is -0.137. The molecule has 0 N–H and O–H groups in total. The summed E-state index contributed by atoms with van der Waals surface area (Å²) in [6, 6.07) is -0.123. The van der Waals surface area contributed by atoms with Gasteiger partial charge in [-0.15, -0.1) is 22.7 Å². The molecule has 6 nitrogen and oxygen atoms in total. The summed E-state index contributed by atoms with van der Waals surface area (Å²) in [5, 5.41) is 6.15. The number of hydrogen-bond donors (Lipinski definition) is 0. The smallest absolute Gasteiger partial charge is 0.240 e. The lowest BCUT2D eigenvalue weighted by Crippen LogP contribution is -2.58. The first-order valence-electron chi connectivity index (χ1n) is 7.58. The molecule has 1 aliphatic heterocycles. The van der Waals surface area contributed by atoms with Gasteiger partial charge in [0.05, 0.1) is 13.1 Å². The zero-order valence-corrected chi connectivity index (χ0v) is 15.0. The average Bonchev–Trinajstić information content (AvgIpc) is 3.21. The standard InChI is InChI=1S/C15H21N5OS2/c1-18(2)15(21)12-9-19(10-13-16-3-7-22-13)5-6-20(12)11-14-17-4-8-23-14/h3-4,7-8,12H,5-6,9-11H2,1-2H3. The van der Waals surface area contributed by atoms with Crippen LogP contribution in [-0.2, 0) is 17.9 Å². The number of hydrogen-bond acceptors (Lipinski definition) is 7. The van der Waals surface area contributed by atoms with Gasteiger partial charge in [-0.3, -0.25) is 14.6 Å². The van der Waals surface area contributed by atoms with Gasteiger partial charge in [-0.05, 0) is 0 Å². The van der Waals surface area contributed by atoms with E-state index in [0.29, 0.717) is 0 Å². The third-order valence-electron chi connectivity index (χ3n) is 3.97. The van der Waals surface area contributed by atoms with Crippen molar-refractivity contribution in [1.82, 2.24) is 24.7 Å². The van der Waals surface area contributed by atoms with E-state index in [4.69, 9.17) is 0 Å². The van der Waals surface area contributed by atoms with Crippen LogP contribution in [0.3, 0.4) is 0 Å². The summed E-state index contributed by atoms with van der Waals surface area (Å²) in [5.74, 6) is 0.158. The maximum atomic E-state index is 12.6. The molecule has 2 aromatic rings. The van der Waals surface area contributed by atoms with E-state index in [1.165, 1.54) is 0 Å². The van der Waals surface area contributed by atoms with Crippen LogP contribution in [0.2, 0.25) is 0 Å². The van der Waals surface area contributed by atoms with Crippen molar-refractivity contribution in [2.45, 2.75) is 19.1 Å². The number of amides is 1. The third kappa shape index (κ3) is 4.14. The Hall–Kier alpha value is -1.35. The van der Waals surface area contributed by atoms with Crippen molar-refractivity contribution >= 4 is 28.6 Å². The lowest BCUT2D eigenvalue weighted by Gasteiger charge is -2.40. The quantitative estimate of drug-likeness (QED) is 0.814. The number of nitrogens with zero attached hydrogens (tertiary/aromatic N) is 5. The van der Waals surface area contributed by atoms with E-state index < -0.39 is 0 Å². The van der Waals surface area contributed by atoms with Crippen LogP contribution in [0.4, 0.5) is 0 Å². The average molecular weight is 352 g/mol. The van der Waals surface area contributed by atoms with Gasteiger partial charge in [0, 0.05) is 56.9 Å². The molecule has 1 saturated heterocycles. The van der Waals surface area contributed by atoms with Crippen LogP contribution in [0, 0.1) is 0 Å². The minimum atomic E-state index is -0.123. The molecule has 0 saturated carbocycles. The van der Waals surface area contributed by atoms with E-state index in [-0.39, 0.29) is 11.9 Å². The van der Waals surface area contributed by atoms with E-state index >= 15 is 0 Å². The fourth-order valence-corrected chi connectivity index (χ4v) is 4.07. The summed E-state index contributed by atoms with van der Waals surface area (Å²) >= 11 is 3.31. The van der Waals surface area contributed by atoms with Crippen molar-refractivity contribution in [1.29, 1.82) is 0 Å². The Labute approximate surface area is 144 Å². The van der Waals surface area contributed by atoms with E-state index in [1.54, 1.807) is 27.6 Å². The molecule has 0 spiro atoms. The van der Waals surface area contributed by atoms with Crippen molar-refractivity contribution in [3.63, 3.8) is 0 Å². The summed E-state index contributed by atoms with van der Waals surface area (Å²) in [5.41, 5.74) is 0. The summed E-state index contributed by atoms with van der Waals surface area (Å²) in [6.45, 7) is 4.12. The van der Waals surface area contributed by atoms with Crippen molar-refractivity contribution in [2.24, 2.45) is 0 Å². The van der Waals surface area contributed by atoms with Gasteiger partial charge in [0.25, 0.3) is 0 Å². The molecular formula is C15H21N5OS2. The van der Waals surface area contributed by atoms with Crippen LogP contribution in [-0.4, -0.2) is 70.3 Å². The molecule has 1 unspecified atom stereocenters. The summed E-state index contributed by atoms with van der Waals surface area (Å²) in [7, 11) is 3.65. The molecule has 0 aromatic carbocycles. The molecule has 0 bridgehead atoms. The molecule has 1 fully saturated rings. The van der Waals surface area contributed by atoms with Crippen LogP contribution in [0.15, 0.2) is 23.2 Å². The van der Waals surface area contributed by atoms with Gasteiger partial charge in [0.2, 0.25) is 5.91 Å². The molecule has 124 valence electrons. The fraction of sp³-hybridized carbons (Fsp3) is 0.533. The number of carbonyl (C=O) groups is 1. The number of rotatable bonds is 5. The summed E-state index contributed by atoms with van der Waals surface area (Å²) in [4.78, 5) is 27.6. The summed E-state index contributed by atoms with van der Waals surface area (Å²) < 4.78 is 0. The number of piperazine rings is 1. The van der Waals surface area contributed by atoms with Gasteiger partial charge in [-0.25, -0.2) is 9.97 Å². The van der Waals surface area contributed by atoms with Gasteiger partial charge < -0.3 is 4.90 Å². The second-order valence-corrected chi connectivity index (χ2v) is 7.76. The highest BCUT2D eigenvalue weighted by atomic mass is 32.1. The van der Waals surface area contributed by atoms with Crippen LogP contribution in [0.25, 0.3) is 0 Å². The molecule has 1 atom stereocenters. The Balaban J connectivity index is 1.69. The minimum absolute atomic E-state index is 0.123. The number of carbonyl (C=O) groups excluding carboxylic acids is 1. The zero-order chi connectivity index (χ0) is 16.2. The Morgan fingerprint density at radius 1 is 1.17 bits per heavy atom. The predicted octanol–water partition coefficient (Wildman–Crippen LogP) is 1.37. The second-order valence-electron chi connectivity index (χ2n) is 5.81. The van der Waals surface area contributed by atoms with Gasteiger partial charge in [0.15, 0.2) is 0 Å². The fourth-order valence-electron chi connectivity index (χ4n) is 2.77. The molecule has 2 aromatic heterocycles. The molecular weight excluding hydrogens is 330 g/mol. The van der Waals surface area contributed by atoms with E-state index in [9.17, 15) is 4.79 Å². The molecule has 1 aliphatic rings. The maximum Gasteiger partial charge on any atom is 0.240 e. The Kier molecular flexibility index (Phi) is 5.37. The van der Waals surface area contributed by atoms with Gasteiger partial charge >= 0.3 is 0 Å². The minimum Gasteiger partial charge on any atom is -0.347 e. The van der Waals surface area contributed by atoms with E-state index in [2.05, 4.69) is 19.8 Å². The third-order valence-corrected chi connectivity index (χ3v) is 5.49. The first kappa shape index (κ1) is 16.5. The molecule has 1 amide bonds. The van der Waals surface area contributed by atoms with Crippen molar-refractivity contribution in [2.75, 3.05) is 33.7 Å². The molecule has 23 heavy (non-hydrogen) atoms. The first-order chi connectivity index (χ1) is 11.1.